The molecule has 0 saturated carbocycles. The average Bonchev–Trinajstić information content (AvgIpc) is 2.74. The van der Waals surface area contributed by atoms with E-state index in [0.717, 1.165) is 16.3 Å². The van der Waals surface area contributed by atoms with Crippen molar-refractivity contribution in [2.75, 3.05) is 12.3 Å². The smallest absolute Gasteiger partial charge is 0.242 e. The van der Waals surface area contributed by atoms with Crippen molar-refractivity contribution < 1.29 is 8.42 Å². The van der Waals surface area contributed by atoms with Gasteiger partial charge < -0.3 is 5.73 Å². The summed E-state index contributed by atoms with van der Waals surface area (Å²) >= 11 is 1.55. The summed E-state index contributed by atoms with van der Waals surface area (Å²) in [5.74, 6) is 0. The molecule has 0 saturated heterocycles. The van der Waals surface area contributed by atoms with Gasteiger partial charge in [-0.05, 0) is 31.5 Å². The van der Waals surface area contributed by atoms with Gasteiger partial charge in [0, 0.05) is 18.3 Å². The van der Waals surface area contributed by atoms with Crippen LogP contribution in [0, 0.1) is 13.8 Å². The fourth-order valence-electron chi connectivity index (χ4n) is 1.83. The first-order valence-corrected chi connectivity index (χ1v) is 8.51. The molecule has 0 aliphatic rings. The molecule has 5 nitrogen and oxygen atoms in total. The van der Waals surface area contributed by atoms with Gasteiger partial charge in [-0.3, -0.25) is 0 Å². The number of hydrogen-bond donors (Lipinski definition) is 2. The Morgan fingerprint density at radius 1 is 1.35 bits per heavy atom. The Hall–Kier alpha value is -1.44. The predicted octanol–water partition coefficient (Wildman–Crippen LogP) is 1.86. The van der Waals surface area contributed by atoms with E-state index >= 15 is 0 Å². The van der Waals surface area contributed by atoms with Crippen LogP contribution in [0.1, 0.15) is 16.3 Å². The first kappa shape index (κ1) is 15.0. The summed E-state index contributed by atoms with van der Waals surface area (Å²) in [5.41, 5.74) is 7.86. The van der Waals surface area contributed by atoms with Gasteiger partial charge in [0.2, 0.25) is 10.0 Å². The lowest BCUT2D eigenvalue weighted by atomic mass is 10.2. The number of benzene rings is 1. The fourth-order valence-corrected chi connectivity index (χ4v) is 3.62. The number of hydrogen-bond acceptors (Lipinski definition) is 5. The molecule has 2 aromatic rings. The van der Waals surface area contributed by atoms with Gasteiger partial charge in [-0.15, -0.1) is 11.3 Å². The lowest BCUT2D eigenvalue weighted by molar-refractivity contribution is 0.582. The average molecular weight is 311 g/mol. The molecule has 1 heterocycles. The summed E-state index contributed by atoms with van der Waals surface area (Å²) in [5, 5.41) is 2.91. The van der Waals surface area contributed by atoms with Crippen LogP contribution in [-0.2, 0) is 16.4 Å². The van der Waals surface area contributed by atoms with E-state index in [2.05, 4.69) is 9.71 Å². The quantitative estimate of drug-likeness (QED) is 0.825. The lowest BCUT2D eigenvalue weighted by Crippen LogP contribution is -2.26. The first-order valence-electron chi connectivity index (χ1n) is 6.15. The predicted molar refractivity (Wildman–Crippen MR) is 81.3 cm³/mol. The van der Waals surface area contributed by atoms with Crippen molar-refractivity contribution in [2.24, 2.45) is 0 Å². The summed E-state index contributed by atoms with van der Waals surface area (Å²) in [6.45, 7) is 4.09. The highest BCUT2D eigenvalue weighted by molar-refractivity contribution is 7.89. The standard InChI is InChI=1S/C13H17N3O2S2/c1-9-3-4-13(12(14)7-9)20(17,18)15-6-5-11-8-19-10(2)16-11/h3-4,7-8,15H,5-6,14H2,1-2H3. The molecular weight excluding hydrogens is 294 g/mol. The molecule has 1 aromatic heterocycles. The normalized spacial score (nSPS) is 11.7. The maximum atomic E-state index is 12.2. The van der Waals surface area contributed by atoms with Gasteiger partial charge in [0.05, 0.1) is 16.4 Å². The first-order chi connectivity index (χ1) is 9.38. The fraction of sp³-hybridized carbons (Fsp3) is 0.308. The second-order valence-corrected chi connectivity index (χ2v) is 7.34. The number of aromatic nitrogens is 1. The van der Waals surface area contributed by atoms with E-state index < -0.39 is 10.0 Å². The molecule has 0 aliphatic carbocycles. The molecule has 0 bridgehead atoms. The van der Waals surface area contributed by atoms with Gasteiger partial charge in [-0.25, -0.2) is 18.1 Å². The number of nitrogens with two attached hydrogens (primary N) is 1. The van der Waals surface area contributed by atoms with Crippen LogP contribution >= 0.6 is 11.3 Å². The number of anilines is 1. The Balaban J connectivity index is 2.04. The van der Waals surface area contributed by atoms with Gasteiger partial charge in [0.25, 0.3) is 0 Å². The number of nitrogens with zero attached hydrogens (tertiary/aromatic N) is 1. The minimum Gasteiger partial charge on any atom is -0.398 e. The van der Waals surface area contributed by atoms with Crippen LogP contribution in [0.15, 0.2) is 28.5 Å². The molecule has 1 aromatic carbocycles. The maximum Gasteiger partial charge on any atom is 0.242 e. The number of rotatable bonds is 5. The molecule has 0 unspecified atom stereocenters. The molecule has 0 atom stereocenters. The summed E-state index contributed by atoms with van der Waals surface area (Å²) in [4.78, 5) is 4.41. The van der Waals surface area contributed by atoms with Crippen molar-refractivity contribution >= 4 is 27.0 Å². The monoisotopic (exact) mass is 311 g/mol. The van der Waals surface area contributed by atoms with E-state index in [1.165, 1.54) is 6.07 Å². The zero-order chi connectivity index (χ0) is 14.8. The third-order valence-electron chi connectivity index (χ3n) is 2.79. The van der Waals surface area contributed by atoms with Gasteiger partial charge in [-0.2, -0.15) is 0 Å². The van der Waals surface area contributed by atoms with E-state index in [9.17, 15) is 8.42 Å². The van der Waals surface area contributed by atoms with Gasteiger partial charge in [0.1, 0.15) is 4.90 Å². The second kappa shape index (κ2) is 5.90. The third-order valence-corrected chi connectivity index (χ3v) is 5.15. The van der Waals surface area contributed by atoms with E-state index in [1.54, 1.807) is 23.5 Å². The molecule has 108 valence electrons. The summed E-state index contributed by atoms with van der Waals surface area (Å²) in [6, 6.07) is 4.91. The number of nitrogen functional groups attached to an aromatic ring is 1. The Morgan fingerprint density at radius 2 is 2.10 bits per heavy atom. The maximum absolute atomic E-state index is 12.2. The van der Waals surface area contributed by atoms with Gasteiger partial charge in [0.15, 0.2) is 0 Å². The van der Waals surface area contributed by atoms with E-state index in [-0.39, 0.29) is 10.6 Å². The minimum absolute atomic E-state index is 0.123. The molecule has 0 aliphatic heterocycles. The third kappa shape index (κ3) is 3.56. The number of thiazole rings is 1. The van der Waals surface area contributed by atoms with Crippen molar-refractivity contribution in [2.45, 2.75) is 25.2 Å². The number of aryl methyl sites for hydroxylation is 2. The highest BCUT2D eigenvalue weighted by Crippen LogP contribution is 2.19. The highest BCUT2D eigenvalue weighted by atomic mass is 32.2. The summed E-state index contributed by atoms with van der Waals surface area (Å²) < 4.78 is 26.9. The summed E-state index contributed by atoms with van der Waals surface area (Å²) in [6.07, 6.45) is 0.565. The minimum atomic E-state index is -3.57. The van der Waals surface area contributed by atoms with Crippen LogP contribution in [0.5, 0.6) is 0 Å². The van der Waals surface area contributed by atoms with Crippen LogP contribution < -0.4 is 10.5 Å². The van der Waals surface area contributed by atoms with E-state index in [0.29, 0.717) is 13.0 Å². The van der Waals surface area contributed by atoms with E-state index in [4.69, 9.17) is 5.73 Å². The van der Waals surface area contributed by atoms with Crippen molar-refractivity contribution in [3.63, 3.8) is 0 Å². The Kier molecular flexibility index (Phi) is 4.42. The zero-order valence-corrected chi connectivity index (χ0v) is 13.0. The molecule has 0 fully saturated rings. The summed E-state index contributed by atoms with van der Waals surface area (Å²) in [7, 11) is -3.57. The SMILES string of the molecule is Cc1ccc(S(=O)(=O)NCCc2csc(C)n2)c(N)c1. The van der Waals surface area contributed by atoms with E-state index in [1.807, 2.05) is 19.2 Å². The molecule has 0 amide bonds. The van der Waals surface area contributed by atoms with Crippen molar-refractivity contribution in [3.05, 3.63) is 39.8 Å². The lowest BCUT2D eigenvalue weighted by Gasteiger charge is -2.09. The van der Waals surface area contributed by atoms with Crippen LogP contribution in [0.3, 0.4) is 0 Å². The molecular formula is C13H17N3O2S2. The van der Waals surface area contributed by atoms with Crippen LogP contribution in [0.2, 0.25) is 0 Å². The molecule has 0 spiro atoms. The molecule has 20 heavy (non-hydrogen) atoms. The Bertz CT molecular complexity index is 708. The largest absolute Gasteiger partial charge is 0.398 e. The van der Waals surface area contributed by atoms with Crippen molar-refractivity contribution in [1.82, 2.24) is 9.71 Å². The highest BCUT2D eigenvalue weighted by Gasteiger charge is 2.16. The van der Waals surface area contributed by atoms with Crippen LogP contribution in [-0.4, -0.2) is 19.9 Å². The molecule has 0 radical (unpaired) electrons. The van der Waals surface area contributed by atoms with Crippen molar-refractivity contribution in [3.8, 4) is 0 Å². The Labute approximate surface area is 122 Å². The molecule has 7 heteroatoms. The van der Waals surface area contributed by atoms with Gasteiger partial charge in [-0.1, -0.05) is 6.07 Å². The van der Waals surface area contributed by atoms with Crippen LogP contribution in [0.25, 0.3) is 0 Å². The molecule has 2 rings (SSSR count). The van der Waals surface area contributed by atoms with Crippen molar-refractivity contribution in [1.29, 1.82) is 0 Å². The number of sulfonamides is 1. The zero-order valence-electron chi connectivity index (χ0n) is 11.4. The second-order valence-electron chi connectivity index (χ2n) is 4.55. The molecule has 3 N–H and O–H groups in total. The Morgan fingerprint density at radius 3 is 2.70 bits per heavy atom. The number of nitrogens with one attached hydrogen (secondary N) is 1. The van der Waals surface area contributed by atoms with Crippen LogP contribution in [0.4, 0.5) is 5.69 Å². The van der Waals surface area contributed by atoms with Gasteiger partial charge >= 0.3 is 0 Å². The topological polar surface area (TPSA) is 85.1 Å².